The van der Waals surface area contributed by atoms with Crippen LogP contribution in [0.3, 0.4) is 0 Å². The van der Waals surface area contributed by atoms with Crippen LogP contribution < -0.4 is 11.1 Å². The highest BCUT2D eigenvalue weighted by molar-refractivity contribution is 5.97. The van der Waals surface area contributed by atoms with Gasteiger partial charge in [-0.05, 0) is 32.6 Å². The Morgan fingerprint density at radius 1 is 1.73 bits per heavy atom. The number of carbonyl (C=O) groups excluding carboxylic acids is 1. The van der Waals surface area contributed by atoms with Gasteiger partial charge in [-0.1, -0.05) is 0 Å². The first kappa shape index (κ1) is 10.2. The minimum atomic E-state index is -0.766. The van der Waals surface area contributed by atoms with Gasteiger partial charge in [-0.3, -0.25) is 9.89 Å². The van der Waals surface area contributed by atoms with E-state index in [4.69, 9.17) is 5.73 Å². The van der Waals surface area contributed by atoms with Crippen molar-refractivity contribution in [2.75, 3.05) is 5.32 Å². The smallest absolute Gasteiger partial charge is 0.245 e. The molecule has 1 atom stereocenters. The molecule has 15 heavy (non-hydrogen) atoms. The van der Waals surface area contributed by atoms with E-state index in [0.29, 0.717) is 11.7 Å². The van der Waals surface area contributed by atoms with Crippen LogP contribution in [0.2, 0.25) is 0 Å². The zero-order valence-electron chi connectivity index (χ0n) is 9.00. The van der Waals surface area contributed by atoms with Crippen LogP contribution in [-0.2, 0) is 4.79 Å². The van der Waals surface area contributed by atoms with Crippen LogP contribution in [0.25, 0.3) is 0 Å². The average Bonchev–Trinajstić information content (AvgIpc) is 2.94. The Morgan fingerprint density at radius 2 is 2.40 bits per heavy atom. The SMILES string of the molecule is Cc1cn[nH]c1NC(=O)C(C)(N)C1CC1. The molecule has 1 amide bonds. The number of aromatic amines is 1. The lowest BCUT2D eigenvalue weighted by Crippen LogP contribution is -2.50. The molecule has 1 aliphatic carbocycles. The number of rotatable bonds is 3. The fourth-order valence-corrected chi connectivity index (χ4v) is 1.59. The largest absolute Gasteiger partial charge is 0.317 e. The van der Waals surface area contributed by atoms with Crippen molar-refractivity contribution in [1.82, 2.24) is 10.2 Å². The van der Waals surface area contributed by atoms with E-state index in [0.717, 1.165) is 18.4 Å². The number of hydrogen-bond acceptors (Lipinski definition) is 3. The van der Waals surface area contributed by atoms with Crippen molar-refractivity contribution in [2.45, 2.75) is 32.2 Å². The van der Waals surface area contributed by atoms with Crippen LogP contribution in [0.4, 0.5) is 5.82 Å². The van der Waals surface area contributed by atoms with Crippen molar-refractivity contribution >= 4 is 11.7 Å². The predicted molar refractivity (Wildman–Crippen MR) is 57.3 cm³/mol. The Kier molecular flexibility index (Phi) is 2.26. The van der Waals surface area contributed by atoms with Crippen molar-refractivity contribution < 1.29 is 4.79 Å². The highest BCUT2D eigenvalue weighted by Crippen LogP contribution is 2.38. The lowest BCUT2D eigenvalue weighted by atomic mass is 9.96. The summed E-state index contributed by atoms with van der Waals surface area (Å²) in [6, 6.07) is 0. The van der Waals surface area contributed by atoms with Gasteiger partial charge in [-0.15, -0.1) is 0 Å². The first-order valence-electron chi connectivity index (χ1n) is 5.12. The molecule has 5 heteroatoms. The molecule has 0 aliphatic heterocycles. The van der Waals surface area contributed by atoms with Crippen molar-refractivity contribution in [2.24, 2.45) is 11.7 Å². The molecule has 0 aromatic carbocycles. The van der Waals surface area contributed by atoms with Crippen LogP contribution in [0.5, 0.6) is 0 Å². The number of aryl methyl sites for hydroxylation is 1. The second-order valence-corrected chi connectivity index (χ2v) is 4.44. The number of amides is 1. The summed E-state index contributed by atoms with van der Waals surface area (Å²) in [6.45, 7) is 3.66. The molecular formula is C10H16N4O. The van der Waals surface area contributed by atoms with Crippen molar-refractivity contribution in [3.05, 3.63) is 11.8 Å². The molecular weight excluding hydrogens is 192 g/mol. The summed E-state index contributed by atoms with van der Waals surface area (Å²) >= 11 is 0. The third-order valence-electron chi connectivity index (χ3n) is 2.98. The monoisotopic (exact) mass is 208 g/mol. The number of aromatic nitrogens is 2. The fourth-order valence-electron chi connectivity index (χ4n) is 1.59. The molecule has 0 bridgehead atoms. The number of anilines is 1. The first-order chi connectivity index (χ1) is 7.01. The second kappa shape index (κ2) is 3.34. The number of nitrogens with one attached hydrogen (secondary N) is 2. The first-order valence-corrected chi connectivity index (χ1v) is 5.12. The van der Waals surface area contributed by atoms with Crippen molar-refractivity contribution in [3.63, 3.8) is 0 Å². The summed E-state index contributed by atoms with van der Waals surface area (Å²) in [5.41, 5.74) is 6.13. The number of hydrogen-bond donors (Lipinski definition) is 3. The van der Waals surface area contributed by atoms with E-state index in [9.17, 15) is 4.79 Å². The lowest BCUT2D eigenvalue weighted by Gasteiger charge is -2.22. The van der Waals surface area contributed by atoms with Gasteiger partial charge in [0, 0.05) is 5.56 Å². The topological polar surface area (TPSA) is 83.8 Å². The predicted octanol–water partition coefficient (Wildman–Crippen LogP) is 0.784. The maximum absolute atomic E-state index is 11.9. The van der Waals surface area contributed by atoms with E-state index >= 15 is 0 Å². The summed E-state index contributed by atoms with van der Waals surface area (Å²) in [5.74, 6) is 0.815. The number of carbonyl (C=O) groups is 1. The Balaban J connectivity index is 2.06. The molecule has 1 heterocycles. The number of H-pyrrole nitrogens is 1. The van der Waals surface area contributed by atoms with Crippen LogP contribution >= 0.6 is 0 Å². The summed E-state index contributed by atoms with van der Waals surface area (Å²) < 4.78 is 0. The van der Waals surface area contributed by atoms with E-state index in [-0.39, 0.29) is 5.91 Å². The molecule has 1 aromatic heterocycles. The normalized spacial score (nSPS) is 19.7. The average molecular weight is 208 g/mol. The van der Waals surface area contributed by atoms with Crippen LogP contribution in [0.15, 0.2) is 6.20 Å². The van der Waals surface area contributed by atoms with Crippen molar-refractivity contribution in [3.8, 4) is 0 Å². The molecule has 1 fully saturated rings. The lowest BCUT2D eigenvalue weighted by molar-refractivity contribution is -0.121. The van der Waals surface area contributed by atoms with E-state index in [1.807, 2.05) is 6.92 Å². The van der Waals surface area contributed by atoms with Crippen LogP contribution in [0.1, 0.15) is 25.3 Å². The molecule has 1 aromatic rings. The molecule has 2 rings (SSSR count). The van der Waals surface area contributed by atoms with Crippen LogP contribution in [0, 0.1) is 12.8 Å². The molecule has 0 spiro atoms. The Labute approximate surface area is 88.4 Å². The molecule has 5 nitrogen and oxygen atoms in total. The molecule has 0 radical (unpaired) electrons. The Bertz CT molecular complexity index is 379. The third-order valence-corrected chi connectivity index (χ3v) is 2.98. The van der Waals surface area contributed by atoms with Crippen molar-refractivity contribution in [1.29, 1.82) is 0 Å². The zero-order chi connectivity index (χ0) is 11.1. The Morgan fingerprint density at radius 3 is 2.87 bits per heavy atom. The molecule has 82 valence electrons. The number of nitrogens with two attached hydrogens (primary N) is 1. The van der Waals surface area contributed by atoms with Gasteiger partial charge in [0.25, 0.3) is 0 Å². The molecule has 4 N–H and O–H groups in total. The summed E-state index contributed by atoms with van der Waals surface area (Å²) in [5, 5.41) is 9.34. The van der Waals surface area contributed by atoms with E-state index in [2.05, 4.69) is 15.5 Å². The minimum absolute atomic E-state index is 0.141. The standard InChI is InChI=1S/C10H16N4O/c1-6-5-12-14-8(6)13-9(15)10(2,11)7-3-4-7/h5,7H,3-4,11H2,1-2H3,(H2,12,13,14,15). The quantitative estimate of drug-likeness (QED) is 0.686. The fraction of sp³-hybridized carbons (Fsp3) is 0.600. The highest BCUT2D eigenvalue weighted by Gasteiger charge is 2.44. The minimum Gasteiger partial charge on any atom is -0.317 e. The van der Waals surface area contributed by atoms with Gasteiger partial charge in [0.15, 0.2) is 0 Å². The van der Waals surface area contributed by atoms with Gasteiger partial charge < -0.3 is 11.1 Å². The maximum Gasteiger partial charge on any atom is 0.245 e. The van der Waals surface area contributed by atoms with Gasteiger partial charge in [-0.25, -0.2) is 0 Å². The summed E-state index contributed by atoms with van der Waals surface area (Å²) in [4.78, 5) is 11.9. The van der Waals surface area contributed by atoms with Gasteiger partial charge in [0.05, 0.1) is 11.7 Å². The summed E-state index contributed by atoms with van der Waals surface area (Å²) in [6.07, 6.45) is 3.76. The van der Waals surface area contributed by atoms with Gasteiger partial charge in [-0.2, -0.15) is 5.10 Å². The number of nitrogens with zero attached hydrogens (tertiary/aromatic N) is 1. The zero-order valence-corrected chi connectivity index (χ0v) is 9.00. The molecule has 1 unspecified atom stereocenters. The second-order valence-electron chi connectivity index (χ2n) is 4.44. The van der Waals surface area contributed by atoms with Gasteiger partial charge in [0.2, 0.25) is 5.91 Å². The molecule has 0 saturated heterocycles. The summed E-state index contributed by atoms with van der Waals surface area (Å²) in [7, 11) is 0. The molecule has 1 aliphatic rings. The van der Waals surface area contributed by atoms with E-state index < -0.39 is 5.54 Å². The van der Waals surface area contributed by atoms with Gasteiger partial charge >= 0.3 is 0 Å². The molecule has 1 saturated carbocycles. The van der Waals surface area contributed by atoms with E-state index in [1.165, 1.54) is 0 Å². The highest BCUT2D eigenvalue weighted by atomic mass is 16.2. The third kappa shape index (κ3) is 1.87. The Hall–Kier alpha value is -1.36. The maximum atomic E-state index is 11.9. The van der Waals surface area contributed by atoms with E-state index in [1.54, 1.807) is 13.1 Å². The van der Waals surface area contributed by atoms with Crippen LogP contribution in [-0.4, -0.2) is 21.6 Å². The van der Waals surface area contributed by atoms with Gasteiger partial charge in [0.1, 0.15) is 5.82 Å².